The van der Waals surface area contributed by atoms with Gasteiger partial charge in [-0.15, -0.1) is 11.3 Å². The van der Waals surface area contributed by atoms with E-state index in [1.165, 1.54) is 32.7 Å². The number of methoxy groups -OCH3 is 3. The van der Waals surface area contributed by atoms with E-state index in [1.807, 2.05) is 35.7 Å². The highest BCUT2D eigenvalue weighted by Crippen LogP contribution is 2.38. The molecule has 0 saturated carbocycles. The number of benzene rings is 2. The number of carbonyl (C=O) groups excluding carboxylic acids is 1. The van der Waals surface area contributed by atoms with Crippen molar-refractivity contribution < 1.29 is 19.0 Å². The summed E-state index contributed by atoms with van der Waals surface area (Å²) in [5.41, 5.74) is 2.20. The number of hydrogen-bond acceptors (Lipinski definition) is 6. The second-order valence-corrected chi connectivity index (χ2v) is 6.13. The summed E-state index contributed by atoms with van der Waals surface area (Å²) in [6, 6.07) is 13.0. The van der Waals surface area contributed by atoms with E-state index in [0.717, 1.165) is 11.3 Å². The summed E-state index contributed by atoms with van der Waals surface area (Å²) >= 11 is 1.36. The summed E-state index contributed by atoms with van der Waals surface area (Å²) in [7, 11) is 4.53. The van der Waals surface area contributed by atoms with Gasteiger partial charge in [0.1, 0.15) is 0 Å². The molecule has 0 atom stereocenters. The number of carbonyl (C=O) groups is 1. The van der Waals surface area contributed by atoms with E-state index < -0.39 is 0 Å². The predicted molar refractivity (Wildman–Crippen MR) is 102 cm³/mol. The number of thiazole rings is 1. The molecule has 134 valence electrons. The average Bonchev–Trinajstić information content (AvgIpc) is 3.15. The molecule has 0 spiro atoms. The zero-order chi connectivity index (χ0) is 18.5. The van der Waals surface area contributed by atoms with Gasteiger partial charge < -0.3 is 14.2 Å². The second kappa shape index (κ2) is 7.88. The molecule has 3 rings (SSSR count). The van der Waals surface area contributed by atoms with E-state index in [4.69, 9.17) is 14.2 Å². The fourth-order valence-electron chi connectivity index (χ4n) is 2.45. The van der Waals surface area contributed by atoms with Gasteiger partial charge in [0.2, 0.25) is 5.75 Å². The van der Waals surface area contributed by atoms with Gasteiger partial charge in [-0.2, -0.15) is 0 Å². The molecular formula is C19H18N2O4S. The molecule has 1 aromatic heterocycles. The van der Waals surface area contributed by atoms with E-state index in [1.54, 1.807) is 12.1 Å². The molecule has 0 unspecified atom stereocenters. The normalized spacial score (nSPS) is 10.3. The Morgan fingerprint density at radius 1 is 1.00 bits per heavy atom. The van der Waals surface area contributed by atoms with Crippen molar-refractivity contribution in [2.24, 2.45) is 0 Å². The molecule has 2 aromatic carbocycles. The summed E-state index contributed by atoms with van der Waals surface area (Å²) in [5.74, 6) is 0.965. The first-order chi connectivity index (χ1) is 12.7. The number of aromatic nitrogens is 1. The van der Waals surface area contributed by atoms with Crippen LogP contribution in [0.25, 0.3) is 11.3 Å². The molecule has 0 bridgehead atoms. The van der Waals surface area contributed by atoms with Crippen LogP contribution in [0.3, 0.4) is 0 Å². The molecule has 0 aliphatic rings. The van der Waals surface area contributed by atoms with Crippen LogP contribution in [0.1, 0.15) is 10.4 Å². The van der Waals surface area contributed by atoms with Gasteiger partial charge in [-0.05, 0) is 12.1 Å². The van der Waals surface area contributed by atoms with Gasteiger partial charge in [0, 0.05) is 16.5 Å². The Morgan fingerprint density at radius 2 is 1.65 bits per heavy atom. The van der Waals surface area contributed by atoms with Crippen molar-refractivity contribution in [3.63, 3.8) is 0 Å². The molecule has 0 saturated heterocycles. The zero-order valence-electron chi connectivity index (χ0n) is 14.6. The van der Waals surface area contributed by atoms with E-state index in [-0.39, 0.29) is 5.91 Å². The number of amides is 1. The van der Waals surface area contributed by atoms with Gasteiger partial charge in [-0.1, -0.05) is 30.3 Å². The Balaban J connectivity index is 1.83. The summed E-state index contributed by atoms with van der Waals surface area (Å²) in [5, 5.41) is 5.22. The molecule has 7 heteroatoms. The molecule has 1 amide bonds. The molecular weight excluding hydrogens is 352 g/mol. The van der Waals surface area contributed by atoms with Crippen molar-refractivity contribution >= 4 is 22.4 Å². The Hall–Kier alpha value is -3.06. The Bertz CT molecular complexity index is 884. The van der Waals surface area contributed by atoms with Crippen LogP contribution in [0.15, 0.2) is 47.8 Å². The lowest BCUT2D eigenvalue weighted by Gasteiger charge is -2.13. The highest BCUT2D eigenvalue weighted by Gasteiger charge is 2.18. The third-order valence-electron chi connectivity index (χ3n) is 3.72. The van der Waals surface area contributed by atoms with Gasteiger partial charge in [0.15, 0.2) is 16.6 Å². The SMILES string of the molecule is COc1cc(C(=O)Nc2nc(-c3ccccc3)cs2)cc(OC)c1OC. The summed E-state index contributed by atoms with van der Waals surface area (Å²) in [6.07, 6.45) is 0. The maximum atomic E-state index is 12.6. The van der Waals surface area contributed by atoms with Gasteiger partial charge >= 0.3 is 0 Å². The first-order valence-corrected chi connectivity index (χ1v) is 8.66. The lowest BCUT2D eigenvalue weighted by atomic mass is 10.1. The Labute approximate surface area is 155 Å². The maximum Gasteiger partial charge on any atom is 0.257 e. The van der Waals surface area contributed by atoms with Crippen LogP contribution in [0.5, 0.6) is 17.2 Å². The van der Waals surface area contributed by atoms with Crippen LogP contribution in [0.2, 0.25) is 0 Å². The van der Waals surface area contributed by atoms with E-state index in [2.05, 4.69) is 10.3 Å². The molecule has 6 nitrogen and oxygen atoms in total. The van der Waals surface area contributed by atoms with Crippen molar-refractivity contribution in [2.75, 3.05) is 26.6 Å². The van der Waals surface area contributed by atoms with Crippen molar-refractivity contribution in [1.82, 2.24) is 4.98 Å². The van der Waals surface area contributed by atoms with Crippen LogP contribution < -0.4 is 19.5 Å². The standard InChI is InChI=1S/C19H18N2O4S/c1-23-15-9-13(10-16(24-2)17(15)25-3)18(22)21-19-20-14(11-26-19)12-7-5-4-6-8-12/h4-11H,1-3H3,(H,20,21,22). The molecule has 26 heavy (non-hydrogen) atoms. The first-order valence-electron chi connectivity index (χ1n) is 7.78. The van der Waals surface area contributed by atoms with Crippen LogP contribution in [-0.4, -0.2) is 32.2 Å². The topological polar surface area (TPSA) is 69.7 Å². The van der Waals surface area contributed by atoms with E-state index in [0.29, 0.717) is 27.9 Å². The van der Waals surface area contributed by atoms with Crippen LogP contribution in [0, 0.1) is 0 Å². The summed E-state index contributed by atoms with van der Waals surface area (Å²) in [6.45, 7) is 0. The number of ether oxygens (including phenoxy) is 3. The number of hydrogen-bond donors (Lipinski definition) is 1. The number of nitrogens with zero attached hydrogens (tertiary/aromatic N) is 1. The Kier molecular flexibility index (Phi) is 5.38. The summed E-state index contributed by atoms with van der Waals surface area (Å²) in [4.78, 5) is 17.1. The van der Waals surface area contributed by atoms with Crippen molar-refractivity contribution in [3.05, 3.63) is 53.4 Å². The third-order valence-corrected chi connectivity index (χ3v) is 4.48. The molecule has 0 fully saturated rings. The van der Waals surface area contributed by atoms with Gasteiger partial charge in [-0.25, -0.2) is 4.98 Å². The molecule has 0 radical (unpaired) electrons. The van der Waals surface area contributed by atoms with Crippen LogP contribution in [0.4, 0.5) is 5.13 Å². The second-order valence-electron chi connectivity index (χ2n) is 5.27. The minimum absolute atomic E-state index is 0.307. The molecule has 0 aliphatic heterocycles. The molecule has 3 aromatic rings. The average molecular weight is 370 g/mol. The smallest absolute Gasteiger partial charge is 0.257 e. The third kappa shape index (κ3) is 3.62. The highest BCUT2D eigenvalue weighted by molar-refractivity contribution is 7.14. The monoisotopic (exact) mass is 370 g/mol. The van der Waals surface area contributed by atoms with Crippen LogP contribution in [-0.2, 0) is 0 Å². The number of rotatable bonds is 6. The fourth-order valence-corrected chi connectivity index (χ4v) is 3.17. The largest absolute Gasteiger partial charge is 0.493 e. The van der Waals surface area contributed by atoms with Crippen molar-refractivity contribution in [2.45, 2.75) is 0 Å². The minimum atomic E-state index is -0.307. The number of anilines is 1. The van der Waals surface area contributed by atoms with Crippen molar-refractivity contribution in [1.29, 1.82) is 0 Å². The van der Waals surface area contributed by atoms with Crippen LogP contribution >= 0.6 is 11.3 Å². The van der Waals surface area contributed by atoms with Gasteiger partial charge in [-0.3, -0.25) is 10.1 Å². The first kappa shape index (κ1) is 17.8. The highest BCUT2D eigenvalue weighted by atomic mass is 32.1. The zero-order valence-corrected chi connectivity index (χ0v) is 15.4. The lowest BCUT2D eigenvalue weighted by molar-refractivity contribution is 0.102. The van der Waals surface area contributed by atoms with Crippen molar-refractivity contribution in [3.8, 4) is 28.5 Å². The molecule has 1 N–H and O–H groups in total. The Morgan fingerprint density at radius 3 is 2.23 bits per heavy atom. The minimum Gasteiger partial charge on any atom is -0.493 e. The fraction of sp³-hybridized carbons (Fsp3) is 0.158. The molecule has 1 heterocycles. The number of nitrogens with one attached hydrogen (secondary N) is 1. The van der Waals surface area contributed by atoms with Gasteiger partial charge in [0.25, 0.3) is 5.91 Å². The lowest BCUT2D eigenvalue weighted by Crippen LogP contribution is -2.12. The predicted octanol–water partition coefficient (Wildman–Crippen LogP) is 4.09. The molecule has 0 aliphatic carbocycles. The maximum absolute atomic E-state index is 12.6. The quantitative estimate of drug-likeness (QED) is 0.708. The van der Waals surface area contributed by atoms with Gasteiger partial charge in [0.05, 0.1) is 27.0 Å². The van der Waals surface area contributed by atoms with E-state index in [9.17, 15) is 4.79 Å². The summed E-state index contributed by atoms with van der Waals surface area (Å²) < 4.78 is 15.8. The van der Waals surface area contributed by atoms with E-state index >= 15 is 0 Å².